The molecule has 148 valence electrons. The molecule has 0 aromatic heterocycles. The minimum atomic E-state index is -3.62. The van der Waals surface area contributed by atoms with Crippen LogP contribution in [0.15, 0.2) is 53.4 Å². The summed E-state index contributed by atoms with van der Waals surface area (Å²) in [5.74, 6) is -0.969. The lowest BCUT2D eigenvalue weighted by Gasteiger charge is -2.26. The smallest absolute Gasteiger partial charge is 0.337 e. The van der Waals surface area contributed by atoms with Crippen LogP contribution >= 0.6 is 0 Å². The minimum Gasteiger partial charge on any atom is -0.465 e. The number of piperidine rings is 1. The number of rotatable bonds is 5. The normalized spacial score (nSPS) is 15.0. The molecule has 0 saturated carbocycles. The third-order valence-electron chi connectivity index (χ3n) is 4.59. The summed E-state index contributed by atoms with van der Waals surface area (Å²) in [7, 11) is -2.34. The summed E-state index contributed by atoms with van der Waals surface area (Å²) in [6.45, 7) is 0.998. The van der Waals surface area contributed by atoms with Gasteiger partial charge in [-0.15, -0.1) is 0 Å². The van der Waals surface area contributed by atoms with Gasteiger partial charge in [-0.3, -0.25) is 4.79 Å². The highest BCUT2D eigenvalue weighted by Crippen LogP contribution is 2.22. The average Bonchev–Trinajstić information content (AvgIpc) is 2.74. The summed E-state index contributed by atoms with van der Waals surface area (Å²) in [4.78, 5) is 24.3. The van der Waals surface area contributed by atoms with E-state index in [-0.39, 0.29) is 10.5 Å². The molecule has 28 heavy (non-hydrogen) atoms. The molecule has 1 heterocycles. The first kappa shape index (κ1) is 20.0. The van der Waals surface area contributed by atoms with Crippen molar-refractivity contribution in [3.05, 3.63) is 59.7 Å². The van der Waals surface area contributed by atoms with Gasteiger partial charge in [0.25, 0.3) is 5.91 Å². The quantitative estimate of drug-likeness (QED) is 0.777. The fraction of sp³-hybridized carbons (Fsp3) is 0.300. The van der Waals surface area contributed by atoms with Crippen LogP contribution in [0.25, 0.3) is 0 Å². The largest absolute Gasteiger partial charge is 0.465 e. The molecule has 0 atom stereocenters. The summed E-state index contributed by atoms with van der Waals surface area (Å²) < 4.78 is 31.8. The van der Waals surface area contributed by atoms with Crippen molar-refractivity contribution < 1.29 is 22.7 Å². The average molecular weight is 402 g/mol. The number of amides is 1. The van der Waals surface area contributed by atoms with Crippen molar-refractivity contribution in [3.63, 3.8) is 0 Å². The first-order chi connectivity index (χ1) is 13.4. The molecule has 7 nitrogen and oxygen atoms in total. The highest BCUT2D eigenvalue weighted by atomic mass is 32.2. The van der Waals surface area contributed by atoms with Crippen LogP contribution in [0.3, 0.4) is 0 Å². The van der Waals surface area contributed by atoms with Gasteiger partial charge in [0.2, 0.25) is 10.0 Å². The molecule has 1 N–H and O–H groups in total. The van der Waals surface area contributed by atoms with E-state index < -0.39 is 21.9 Å². The Bertz CT molecular complexity index is 982. The van der Waals surface area contributed by atoms with E-state index in [0.717, 1.165) is 19.3 Å². The fourth-order valence-corrected chi connectivity index (χ4v) is 4.66. The van der Waals surface area contributed by atoms with Crippen molar-refractivity contribution in [2.75, 3.05) is 25.5 Å². The van der Waals surface area contributed by atoms with Crippen molar-refractivity contribution in [1.29, 1.82) is 0 Å². The lowest BCUT2D eigenvalue weighted by molar-refractivity contribution is 0.0600. The van der Waals surface area contributed by atoms with E-state index in [4.69, 9.17) is 0 Å². The summed E-state index contributed by atoms with van der Waals surface area (Å²) >= 11 is 0. The molecule has 2 aromatic carbocycles. The van der Waals surface area contributed by atoms with Crippen molar-refractivity contribution >= 4 is 27.6 Å². The van der Waals surface area contributed by atoms with Crippen LogP contribution in [-0.4, -0.2) is 44.8 Å². The molecular weight excluding hydrogens is 380 g/mol. The number of hydrogen-bond acceptors (Lipinski definition) is 5. The Kier molecular flexibility index (Phi) is 6.11. The topological polar surface area (TPSA) is 92.8 Å². The maximum absolute atomic E-state index is 12.8. The molecule has 1 aliphatic heterocycles. The Morgan fingerprint density at radius 1 is 0.964 bits per heavy atom. The number of carbonyl (C=O) groups excluding carboxylic acids is 2. The molecule has 8 heteroatoms. The van der Waals surface area contributed by atoms with Crippen LogP contribution in [0.2, 0.25) is 0 Å². The van der Waals surface area contributed by atoms with E-state index in [1.807, 2.05) is 0 Å². The van der Waals surface area contributed by atoms with E-state index in [1.54, 1.807) is 30.3 Å². The minimum absolute atomic E-state index is 0.102. The number of esters is 1. The molecule has 1 saturated heterocycles. The molecule has 0 radical (unpaired) electrons. The summed E-state index contributed by atoms with van der Waals surface area (Å²) in [5, 5.41) is 2.68. The van der Waals surface area contributed by atoms with Crippen molar-refractivity contribution in [2.45, 2.75) is 24.2 Å². The molecular formula is C20H22N2O5S. The predicted molar refractivity (Wildman–Crippen MR) is 105 cm³/mol. The standard InChI is InChI=1S/C20H22N2O5S/c1-27-20(24)16-8-5-9-17(13-16)21-19(23)15-7-6-10-18(14-15)28(25,26)22-11-3-2-4-12-22/h5-10,13-14H,2-4,11-12H2,1H3,(H,21,23). The number of nitrogens with one attached hydrogen (secondary N) is 1. The fourth-order valence-electron chi connectivity index (χ4n) is 3.10. The summed E-state index contributed by atoms with van der Waals surface area (Å²) in [6.07, 6.45) is 2.71. The number of methoxy groups -OCH3 is 1. The molecule has 2 aromatic rings. The SMILES string of the molecule is COC(=O)c1cccc(NC(=O)c2cccc(S(=O)(=O)N3CCCCC3)c2)c1. The van der Waals surface area contributed by atoms with Crippen LogP contribution in [-0.2, 0) is 14.8 Å². The molecule has 0 unspecified atom stereocenters. The number of benzene rings is 2. The van der Waals surface area contributed by atoms with Crippen LogP contribution in [0, 0.1) is 0 Å². The van der Waals surface area contributed by atoms with Gasteiger partial charge in [-0.05, 0) is 49.2 Å². The molecule has 0 bridgehead atoms. The Hall–Kier alpha value is -2.71. The van der Waals surface area contributed by atoms with Crippen molar-refractivity contribution in [1.82, 2.24) is 4.31 Å². The first-order valence-electron chi connectivity index (χ1n) is 9.02. The van der Waals surface area contributed by atoms with E-state index >= 15 is 0 Å². The molecule has 0 aliphatic carbocycles. The molecule has 0 spiro atoms. The van der Waals surface area contributed by atoms with Crippen molar-refractivity contribution in [3.8, 4) is 0 Å². The number of anilines is 1. The number of sulfonamides is 1. The van der Waals surface area contributed by atoms with Gasteiger partial charge in [0.05, 0.1) is 17.6 Å². The highest BCUT2D eigenvalue weighted by molar-refractivity contribution is 7.89. The summed E-state index contributed by atoms with van der Waals surface area (Å²) in [6, 6.07) is 12.3. The zero-order valence-corrected chi connectivity index (χ0v) is 16.4. The van der Waals surface area contributed by atoms with E-state index in [0.29, 0.717) is 24.3 Å². The maximum Gasteiger partial charge on any atom is 0.337 e. The van der Waals surface area contributed by atoms with E-state index in [9.17, 15) is 18.0 Å². The van der Waals surface area contributed by atoms with Crippen LogP contribution in [0.5, 0.6) is 0 Å². The second-order valence-electron chi connectivity index (χ2n) is 6.52. The molecule has 1 amide bonds. The van der Waals surface area contributed by atoms with Gasteiger partial charge in [0, 0.05) is 24.3 Å². The predicted octanol–water partition coefficient (Wildman–Crippen LogP) is 2.90. The van der Waals surface area contributed by atoms with Crippen LogP contribution < -0.4 is 5.32 Å². The van der Waals surface area contributed by atoms with Gasteiger partial charge < -0.3 is 10.1 Å². The Balaban J connectivity index is 1.80. The second-order valence-corrected chi connectivity index (χ2v) is 8.46. The van der Waals surface area contributed by atoms with Gasteiger partial charge >= 0.3 is 5.97 Å². The number of nitrogens with zero attached hydrogens (tertiary/aromatic N) is 1. The van der Waals surface area contributed by atoms with Crippen LogP contribution in [0.4, 0.5) is 5.69 Å². The number of hydrogen-bond donors (Lipinski definition) is 1. The summed E-state index contributed by atoms with van der Waals surface area (Å²) in [5.41, 5.74) is 0.945. The zero-order valence-electron chi connectivity index (χ0n) is 15.6. The van der Waals surface area contributed by atoms with Gasteiger partial charge in [0.1, 0.15) is 0 Å². The van der Waals surface area contributed by atoms with Crippen LogP contribution in [0.1, 0.15) is 40.0 Å². The lowest BCUT2D eigenvalue weighted by Crippen LogP contribution is -2.35. The zero-order chi connectivity index (χ0) is 20.1. The third-order valence-corrected chi connectivity index (χ3v) is 6.49. The van der Waals surface area contributed by atoms with Crippen molar-refractivity contribution in [2.24, 2.45) is 0 Å². The first-order valence-corrected chi connectivity index (χ1v) is 10.5. The van der Waals surface area contributed by atoms with E-state index in [1.165, 1.54) is 29.6 Å². The molecule has 3 rings (SSSR count). The van der Waals surface area contributed by atoms with Gasteiger partial charge in [0.15, 0.2) is 0 Å². The number of carbonyl (C=O) groups is 2. The van der Waals surface area contributed by atoms with E-state index in [2.05, 4.69) is 10.1 Å². The lowest BCUT2D eigenvalue weighted by atomic mass is 10.1. The molecule has 1 fully saturated rings. The van der Waals surface area contributed by atoms with Gasteiger partial charge in [-0.1, -0.05) is 18.6 Å². The Labute approximate surface area is 164 Å². The van der Waals surface area contributed by atoms with Gasteiger partial charge in [-0.2, -0.15) is 4.31 Å². The Morgan fingerprint density at radius 3 is 2.36 bits per heavy atom. The monoisotopic (exact) mass is 402 g/mol. The maximum atomic E-state index is 12.8. The molecule has 1 aliphatic rings. The van der Waals surface area contributed by atoms with Gasteiger partial charge in [-0.25, -0.2) is 13.2 Å². The number of ether oxygens (including phenoxy) is 1. The second kappa shape index (κ2) is 8.53. The highest BCUT2D eigenvalue weighted by Gasteiger charge is 2.26. The third kappa shape index (κ3) is 4.40. The Morgan fingerprint density at radius 2 is 1.64 bits per heavy atom.